The average Bonchev–Trinajstić information content (AvgIpc) is 2.50. The summed E-state index contributed by atoms with van der Waals surface area (Å²) in [6.07, 6.45) is 8.11. The van der Waals surface area contributed by atoms with Crippen molar-refractivity contribution in [2.75, 3.05) is 46.4 Å². The lowest BCUT2D eigenvalue weighted by Crippen LogP contribution is -2.48. The molecular weight excluding hydrogens is 264 g/mol. The normalized spacial score (nSPS) is 32.4. The highest BCUT2D eigenvalue weighted by Crippen LogP contribution is 2.39. The van der Waals surface area contributed by atoms with Gasteiger partial charge in [0.05, 0.1) is 19.3 Å². The second-order valence-corrected chi connectivity index (χ2v) is 7.28. The van der Waals surface area contributed by atoms with Crippen molar-refractivity contribution in [2.45, 2.75) is 51.6 Å². The van der Waals surface area contributed by atoms with Gasteiger partial charge in [-0.05, 0) is 44.1 Å². The molecular formula is C17H34N2O2. The molecule has 0 aromatic carbocycles. The molecule has 1 saturated heterocycles. The van der Waals surface area contributed by atoms with Crippen molar-refractivity contribution < 1.29 is 9.84 Å². The summed E-state index contributed by atoms with van der Waals surface area (Å²) >= 11 is 0. The number of likely N-dealkylation sites (tertiary alicyclic amines) is 1. The highest BCUT2D eigenvalue weighted by Gasteiger charge is 2.36. The van der Waals surface area contributed by atoms with Crippen LogP contribution in [0.1, 0.15) is 45.4 Å². The van der Waals surface area contributed by atoms with Gasteiger partial charge < -0.3 is 20.1 Å². The van der Waals surface area contributed by atoms with Crippen molar-refractivity contribution in [2.24, 2.45) is 11.3 Å². The lowest BCUT2D eigenvalue weighted by atomic mass is 9.70. The van der Waals surface area contributed by atoms with E-state index >= 15 is 0 Å². The van der Waals surface area contributed by atoms with Gasteiger partial charge in [-0.3, -0.25) is 0 Å². The van der Waals surface area contributed by atoms with Crippen molar-refractivity contribution in [3.8, 4) is 0 Å². The molecule has 0 aromatic rings. The molecule has 0 unspecified atom stereocenters. The Labute approximate surface area is 130 Å². The summed E-state index contributed by atoms with van der Waals surface area (Å²) in [7, 11) is 2.09. The smallest absolute Gasteiger partial charge is 0.0701 e. The maximum atomic E-state index is 8.84. The van der Waals surface area contributed by atoms with Gasteiger partial charge >= 0.3 is 0 Å². The monoisotopic (exact) mass is 298 g/mol. The van der Waals surface area contributed by atoms with Crippen molar-refractivity contribution in [1.82, 2.24) is 10.2 Å². The molecule has 0 bridgehead atoms. The van der Waals surface area contributed by atoms with Crippen LogP contribution in [0.2, 0.25) is 0 Å². The molecule has 4 nitrogen and oxygen atoms in total. The van der Waals surface area contributed by atoms with E-state index in [1.54, 1.807) is 0 Å². The third-order valence-corrected chi connectivity index (χ3v) is 5.43. The van der Waals surface area contributed by atoms with Gasteiger partial charge in [0, 0.05) is 26.2 Å². The molecule has 0 atom stereocenters. The molecule has 1 aliphatic carbocycles. The minimum Gasteiger partial charge on any atom is -0.394 e. The minimum absolute atomic E-state index is 0.143. The fourth-order valence-corrected chi connectivity index (χ4v) is 4.07. The van der Waals surface area contributed by atoms with Crippen LogP contribution in [0.15, 0.2) is 0 Å². The molecule has 0 aromatic heterocycles. The quantitative estimate of drug-likeness (QED) is 0.753. The molecule has 0 radical (unpaired) electrons. The summed E-state index contributed by atoms with van der Waals surface area (Å²) in [6.45, 7) is 7.73. The molecule has 0 amide bonds. The zero-order chi connectivity index (χ0) is 15.1. The Morgan fingerprint density at radius 1 is 1.19 bits per heavy atom. The summed E-state index contributed by atoms with van der Waals surface area (Å²) in [5.41, 5.74) is 0.486. The number of rotatable bonds is 7. The Morgan fingerprint density at radius 3 is 2.43 bits per heavy atom. The first kappa shape index (κ1) is 17.2. The molecule has 2 rings (SSSR count). The van der Waals surface area contributed by atoms with Crippen molar-refractivity contribution >= 4 is 0 Å². The van der Waals surface area contributed by atoms with E-state index in [0.29, 0.717) is 18.1 Å². The number of piperidine rings is 1. The first-order valence-corrected chi connectivity index (χ1v) is 8.77. The Hall–Kier alpha value is -0.160. The first-order valence-electron chi connectivity index (χ1n) is 8.77. The molecule has 2 fully saturated rings. The topological polar surface area (TPSA) is 44.7 Å². The van der Waals surface area contributed by atoms with Gasteiger partial charge in [0.2, 0.25) is 0 Å². The number of hydrogen-bond donors (Lipinski definition) is 2. The number of ether oxygens (including phenoxy) is 1. The lowest BCUT2D eigenvalue weighted by Gasteiger charge is -2.44. The van der Waals surface area contributed by atoms with Crippen molar-refractivity contribution in [3.05, 3.63) is 0 Å². The summed E-state index contributed by atoms with van der Waals surface area (Å²) < 4.78 is 5.67. The highest BCUT2D eigenvalue weighted by atomic mass is 16.5. The maximum absolute atomic E-state index is 8.84. The molecule has 4 heteroatoms. The Balaban J connectivity index is 1.79. The van der Waals surface area contributed by atoms with Crippen LogP contribution in [-0.4, -0.2) is 62.6 Å². The van der Waals surface area contributed by atoms with Crippen LogP contribution in [0, 0.1) is 11.3 Å². The third kappa shape index (κ3) is 5.20. The van der Waals surface area contributed by atoms with E-state index in [1.165, 1.54) is 32.2 Å². The molecule has 2 aliphatic rings. The Bertz CT molecular complexity index is 283. The third-order valence-electron chi connectivity index (χ3n) is 5.43. The van der Waals surface area contributed by atoms with Crippen molar-refractivity contribution in [1.29, 1.82) is 0 Å². The van der Waals surface area contributed by atoms with Crippen LogP contribution < -0.4 is 5.32 Å². The molecule has 1 heterocycles. The van der Waals surface area contributed by atoms with Crippen LogP contribution in [-0.2, 0) is 4.74 Å². The number of nitrogens with zero attached hydrogens (tertiary/aromatic N) is 1. The highest BCUT2D eigenvalue weighted by molar-refractivity contribution is 4.90. The fraction of sp³-hybridized carbons (Fsp3) is 1.00. The average molecular weight is 298 g/mol. The number of nitrogens with one attached hydrogen (secondary N) is 1. The minimum atomic E-state index is 0.143. The SMILES string of the molecule is CNCC1(CN2CCC(OCCO)CC2)CCC(C)CC1. The lowest BCUT2D eigenvalue weighted by molar-refractivity contribution is -0.0187. The summed E-state index contributed by atoms with van der Waals surface area (Å²) in [5.74, 6) is 0.910. The standard InChI is InChI=1S/C17H34N2O2/c1-15-3-7-17(8-4-15,13-18-2)14-19-9-5-16(6-10-19)21-12-11-20/h15-16,18,20H,3-14H2,1-2H3. The Morgan fingerprint density at radius 2 is 1.86 bits per heavy atom. The maximum Gasteiger partial charge on any atom is 0.0701 e. The second-order valence-electron chi connectivity index (χ2n) is 7.28. The number of hydrogen-bond acceptors (Lipinski definition) is 4. The van der Waals surface area contributed by atoms with Gasteiger partial charge in [-0.25, -0.2) is 0 Å². The van der Waals surface area contributed by atoms with E-state index in [2.05, 4.69) is 24.2 Å². The van der Waals surface area contributed by atoms with Crippen LogP contribution in [0.25, 0.3) is 0 Å². The predicted molar refractivity (Wildman–Crippen MR) is 86.5 cm³/mol. The largest absolute Gasteiger partial charge is 0.394 e. The fourth-order valence-electron chi connectivity index (χ4n) is 4.07. The summed E-state index contributed by atoms with van der Waals surface area (Å²) in [6, 6.07) is 0. The molecule has 21 heavy (non-hydrogen) atoms. The van der Waals surface area contributed by atoms with Gasteiger partial charge in [-0.15, -0.1) is 0 Å². The van der Waals surface area contributed by atoms with Gasteiger partial charge in [0.1, 0.15) is 0 Å². The van der Waals surface area contributed by atoms with E-state index in [0.717, 1.165) is 38.4 Å². The summed E-state index contributed by atoms with van der Waals surface area (Å²) in [4.78, 5) is 2.64. The molecule has 0 spiro atoms. The van der Waals surface area contributed by atoms with Gasteiger partial charge in [-0.1, -0.05) is 19.8 Å². The van der Waals surface area contributed by atoms with Crippen LogP contribution in [0.4, 0.5) is 0 Å². The predicted octanol–water partition coefficient (Wildman–Crippen LogP) is 1.88. The second kappa shape index (κ2) is 8.47. The molecule has 1 saturated carbocycles. The van der Waals surface area contributed by atoms with Crippen molar-refractivity contribution in [3.63, 3.8) is 0 Å². The zero-order valence-corrected chi connectivity index (χ0v) is 13.9. The van der Waals surface area contributed by atoms with Gasteiger partial charge in [-0.2, -0.15) is 0 Å². The van der Waals surface area contributed by atoms with Crippen LogP contribution >= 0.6 is 0 Å². The Kier molecular flexibility index (Phi) is 6.93. The van der Waals surface area contributed by atoms with Crippen LogP contribution in [0.5, 0.6) is 0 Å². The van der Waals surface area contributed by atoms with Crippen LogP contribution in [0.3, 0.4) is 0 Å². The van der Waals surface area contributed by atoms with E-state index in [9.17, 15) is 0 Å². The van der Waals surface area contributed by atoms with Gasteiger partial charge in [0.25, 0.3) is 0 Å². The molecule has 1 aliphatic heterocycles. The zero-order valence-electron chi connectivity index (χ0n) is 13.9. The number of aliphatic hydroxyl groups is 1. The van der Waals surface area contributed by atoms with E-state index in [-0.39, 0.29) is 6.61 Å². The summed E-state index contributed by atoms with van der Waals surface area (Å²) in [5, 5.41) is 12.3. The van der Waals surface area contributed by atoms with E-state index < -0.39 is 0 Å². The molecule has 124 valence electrons. The first-order chi connectivity index (χ1) is 10.2. The van der Waals surface area contributed by atoms with Gasteiger partial charge in [0.15, 0.2) is 0 Å². The van der Waals surface area contributed by atoms with E-state index in [1.807, 2.05) is 0 Å². The number of aliphatic hydroxyl groups excluding tert-OH is 1. The van der Waals surface area contributed by atoms with E-state index in [4.69, 9.17) is 9.84 Å². The molecule has 2 N–H and O–H groups in total.